The summed E-state index contributed by atoms with van der Waals surface area (Å²) in [5.41, 5.74) is 3.97. The van der Waals surface area contributed by atoms with Crippen LogP contribution in [0.1, 0.15) is 11.1 Å². The van der Waals surface area contributed by atoms with Gasteiger partial charge in [-0.2, -0.15) is 0 Å². The standard InChI is InChI=1S/C23H24FN3O4/c1-12-4-13(2)6-14(5-12)27-23-15-7-18(28-3)19(8-17(15)25-11-26-23)31-20-10-30-21-16(24)9-29-22(20)21/h4-8,11,16,20-22H,9-10H2,1-3H3,(H,25,26,27)/t16?,20?,21-,22-/m0/s1. The maximum absolute atomic E-state index is 13.9. The summed E-state index contributed by atoms with van der Waals surface area (Å²) in [5, 5.41) is 4.18. The van der Waals surface area contributed by atoms with Crippen LogP contribution >= 0.6 is 0 Å². The smallest absolute Gasteiger partial charge is 0.164 e. The molecule has 0 spiro atoms. The molecule has 1 N–H and O–H groups in total. The fraction of sp³-hybridized carbons (Fsp3) is 0.391. The average Bonchev–Trinajstić information content (AvgIpc) is 3.30. The average molecular weight is 425 g/mol. The van der Waals surface area contributed by atoms with Crippen LogP contribution in [-0.4, -0.2) is 54.8 Å². The molecule has 8 heteroatoms. The molecule has 0 bridgehead atoms. The summed E-state index contributed by atoms with van der Waals surface area (Å²) < 4.78 is 36.7. The Kier molecular flexibility index (Phi) is 5.11. The molecule has 0 saturated carbocycles. The van der Waals surface area contributed by atoms with Crippen molar-refractivity contribution in [2.45, 2.75) is 38.3 Å². The number of benzene rings is 2. The monoisotopic (exact) mass is 425 g/mol. The Labute approximate surface area is 179 Å². The van der Waals surface area contributed by atoms with Crippen molar-refractivity contribution < 1.29 is 23.3 Å². The fourth-order valence-corrected chi connectivity index (χ4v) is 4.28. The van der Waals surface area contributed by atoms with E-state index in [2.05, 4.69) is 47.3 Å². The first-order chi connectivity index (χ1) is 15.0. The zero-order chi connectivity index (χ0) is 21.5. The molecule has 0 amide bonds. The Hall–Kier alpha value is -2.97. The van der Waals surface area contributed by atoms with Crippen LogP contribution in [0.3, 0.4) is 0 Å². The lowest BCUT2D eigenvalue weighted by molar-refractivity contribution is 0.0271. The van der Waals surface area contributed by atoms with Crippen molar-refractivity contribution in [1.82, 2.24) is 9.97 Å². The summed E-state index contributed by atoms with van der Waals surface area (Å²) in [6.07, 6.45) is -1.03. The fourth-order valence-electron chi connectivity index (χ4n) is 4.28. The van der Waals surface area contributed by atoms with Crippen LogP contribution in [0, 0.1) is 13.8 Å². The molecule has 3 aromatic rings. The Morgan fingerprint density at radius 2 is 1.74 bits per heavy atom. The molecule has 3 heterocycles. The first kappa shape index (κ1) is 20.0. The first-order valence-corrected chi connectivity index (χ1v) is 10.2. The van der Waals surface area contributed by atoms with E-state index in [9.17, 15) is 4.39 Å². The molecule has 2 saturated heterocycles. The highest BCUT2D eigenvalue weighted by Gasteiger charge is 2.49. The van der Waals surface area contributed by atoms with E-state index in [1.165, 1.54) is 6.33 Å². The van der Waals surface area contributed by atoms with Gasteiger partial charge >= 0.3 is 0 Å². The van der Waals surface area contributed by atoms with E-state index in [-0.39, 0.29) is 13.2 Å². The molecule has 162 valence electrons. The number of rotatable bonds is 5. The number of halogens is 1. The maximum atomic E-state index is 13.9. The summed E-state index contributed by atoms with van der Waals surface area (Å²) in [7, 11) is 1.58. The largest absolute Gasteiger partial charge is 0.493 e. The van der Waals surface area contributed by atoms with Gasteiger partial charge in [0.1, 0.15) is 24.4 Å². The van der Waals surface area contributed by atoms with E-state index in [0.29, 0.717) is 22.8 Å². The molecule has 0 radical (unpaired) electrons. The second kappa shape index (κ2) is 7.94. The van der Waals surface area contributed by atoms with E-state index < -0.39 is 24.5 Å². The Morgan fingerprint density at radius 1 is 0.968 bits per heavy atom. The molecular weight excluding hydrogens is 401 g/mol. The molecule has 4 atom stereocenters. The van der Waals surface area contributed by atoms with Crippen molar-refractivity contribution in [3.8, 4) is 11.5 Å². The third-order valence-corrected chi connectivity index (χ3v) is 5.63. The van der Waals surface area contributed by atoms with Crippen molar-refractivity contribution in [1.29, 1.82) is 0 Å². The summed E-state index contributed by atoms with van der Waals surface area (Å²) in [6, 6.07) is 9.89. The first-order valence-electron chi connectivity index (χ1n) is 10.2. The van der Waals surface area contributed by atoms with Gasteiger partial charge in [0.2, 0.25) is 0 Å². The van der Waals surface area contributed by atoms with Crippen molar-refractivity contribution in [3.63, 3.8) is 0 Å². The minimum absolute atomic E-state index is 0.0325. The zero-order valence-electron chi connectivity index (χ0n) is 17.6. The molecule has 7 nitrogen and oxygen atoms in total. The number of fused-ring (bicyclic) bond motifs is 2. The highest BCUT2D eigenvalue weighted by Crippen LogP contribution is 2.38. The SMILES string of the molecule is COc1cc2c(Nc3cc(C)cc(C)c3)ncnc2cc1OC1CO[C@H]2C(F)CO[C@@H]12. The molecule has 2 aromatic carbocycles. The van der Waals surface area contributed by atoms with Gasteiger partial charge in [0.15, 0.2) is 23.8 Å². The summed E-state index contributed by atoms with van der Waals surface area (Å²) in [6.45, 7) is 4.41. The highest BCUT2D eigenvalue weighted by molar-refractivity contribution is 5.93. The molecule has 2 unspecified atom stereocenters. The molecule has 2 aliphatic rings. The van der Waals surface area contributed by atoms with Crippen LogP contribution in [0.2, 0.25) is 0 Å². The molecule has 0 aliphatic carbocycles. The maximum Gasteiger partial charge on any atom is 0.164 e. The van der Waals surface area contributed by atoms with Crippen LogP contribution in [0.15, 0.2) is 36.7 Å². The van der Waals surface area contributed by atoms with E-state index in [0.717, 1.165) is 22.2 Å². The predicted octanol–water partition coefficient (Wildman–Crippen LogP) is 3.88. The summed E-state index contributed by atoms with van der Waals surface area (Å²) in [5.74, 6) is 1.71. The third-order valence-electron chi connectivity index (χ3n) is 5.63. The lowest BCUT2D eigenvalue weighted by Crippen LogP contribution is -2.33. The molecule has 2 aliphatic heterocycles. The molecule has 5 rings (SSSR count). The zero-order valence-corrected chi connectivity index (χ0v) is 17.6. The van der Waals surface area contributed by atoms with E-state index in [4.69, 9.17) is 18.9 Å². The number of ether oxygens (including phenoxy) is 4. The van der Waals surface area contributed by atoms with Crippen LogP contribution in [0.4, 0.5) is 15.9 Å². The van der Waals surface area contributed by atoms with Crippen LogP contribution < -0.4 is 14.8 Å². The van der Waals surface area contributed by atoms with Crippen molar-refractivity contribution in [2.75, 3.05) is 25.6 Å². The number of aryl methyl sites for hydroxylation is 2. The van der Waals surface area contributed by atoms with Gasteiger partial charge in [-0.15, -0.1) is 0 Å². The Morgan fingerprint density at radius 3 is 2.52 bits per heavy atom. The van der Waals surface area contributed by atoms with Crippen molar-refractivity contribution in [3.05, 3.63) is 47.8 Å². The van der Waals surface area contributed by atoms with E-state index in [1.807, 2.05) is 6.07 Å². The second-order valence-corrected chi connectivity index (χ2v) is 8.01. The van der Waals surface area contributed by atoms with Gasteiger partial charge in [-0.1, -0.05) is 6.07 Å². The number of nitrogens with one attached hydrogen (secondary N) is 1. The summed E-state index contributed by atoms with van der Waals surface area (Å²) in [4.78, 5) is 8.82. The molecule has 1 aromatic heterocycles. The number of hydrogen-bond donors (Lipinski definition) is 1. The summed E-state index contributed by atoms with van der Waals surface area (Å²) >= 11 is 0. The minimum Gasteiger partial charge on any atom is -0.493 e. The number of alkyl halides is 1. The lowest BCUT2D eigenvalue weighted by Gasteiger charge is -2.20. The second-order valence-electron chi connectivity index (χ2n) is 8.01. The van der Waals surface area contributed by atoms with Gasteiger partial charge in [0.05, 0.1) is 25.8 Å². The van der Waals surface area contributed by atoms with Gasteiger partial charge in [0.25, 0.3) is 0 Å². The van der Waals surface area contributed by atoms with Gasteiger partial charge in [-0.25, -0.2) is 14.4 Å². The lowest BCUT2D eigenvalue weighted by atomic mass is 10.1. The topological polar surface area (TPSA) is 74.7 Å². The number of anilines is 2. The van der Waals surface area contributed by atoms with E-state index >= 15 is 0 Å². The molecule has 2 fully saturated rings. The van der Waals surface area contributed by atoms with Crippen LogP contribution in [-0.2, 0) is 9.47 Å². The number of hydrogen-bond acceptors (Lipinski definition) is 7. The van der Waals surface area contributed by atoms with Crippen LogP contribution in [0.25, 0.3) is 10.9 Å². The molecule has 31 heavy (non-hydrogen) atoms. The minimum atomic E-state index is -1.12. The molecular formula is C23H24FN3O4. The van der Waals surface area contributed by atoms with Crippen molar-refractivity contribution >= 4 is 22.4 Å². The van der Waals surface area contributed by atoms with Crippen LogP contribution in [0.5, 0.6) is 11.5 Å². The number of aromatic nitrogens is 2. The quantitative estimate of drug-likeness (QED) is 0.665. The van der Waals surface area contributed by atoms with Gasteiger partial charge < -0.3 is 24.3 Å². The predicted molar refractivity (Wildman–Crippen MR) is 114 cm³/mol. The Balaban J connectivity index is 1.46. The van der Waals surface area contributed by atoms with Gasteiger partial charge in [-0.3, -0.25) is 0 Å². The highest BCUT2D eigenvalue weighted by atomic mass is 19.1. The normalized spacial score (nSPS) is 24.9. The third kappa shape index (κ3) is 3.77. The number of nitrogens with zero attached hydrogens (tertiary/aromatic N) is 2. The number of methoxy groups -OCH3 is 1. The van der Waals surface area contributed by atoms with Crippen molar-refractivity contribution in [2.24, 2.45) is 0 Å². The van der Waals surface area contributed by atoms with E-state index in [1.54, 1.807) is 13.2 Å². The van der Waals surface area contributed by atoms with Gasteiger partial charge in [0, 0.05) is 17.1 Å². The van der Waals surface area contributed by atoms with Gasteiger partial charge in [-0.05, 0) is 43.2 Å². The Bertz CT molecular complexity index is 1110.